The molecule has 1 heteroatoms. The van der Waals surface area contributed by atoms with Crippen LogP contribution in [0.25, 0.3) is 65.7 Å². The van der Waals surface area contributed by atoms with Crippen molar-refractivity contribution in [3.63, 3.8) is 0 Å². The SMILES string of the molecule is CC1(C)c2ccccc2-c2cc(N(c3ccc(-c4cccc5ccccc45)cc3)c3ccc4ccccc4c3-c3cccc4ccccc34)ccc21. The van der Waals surface area contributed by atoms with E-state index in [2.05, 4.69) is 207 Å². The molecule has 246 valence electrons. The highest BCUT2D eigenvalue weighted by Crippen LogP contribution is 2.52. The van der Waals surface area contributed by atoms with Crippen LogP contribution in [0.3, 0.4) is 0 Å². The minimum atomic E-state index is -0.0630. The fraction of sp³-hybridized carbons (Fsp3) is 0.0588. The van der Waals surface area contributed by atoms with Crippen LogP contribution < -0.4 is 4.90 Å². The average molecular weight is 664 g/mol. The molecule has 0 aliphatic heterocycles. The van der Waals surface area contributed by atoms with Crippen LogP contribution in [-0.2, 0) is 5.41 Å². The lowest BCUT2D eigenvalue weighted by Gasteiger charge is -2.30. The molecule has 1 aliphatic carbocycles. The van der Waals surface area contributed by atoms with Crippen LogP contribution in [0.1, 0.15) is 25.0 Å². The summed E-state index contributed by atoms with van der Waals surface area (Å²) < 4.78 is 0. The largest absolute Gasteiger partial charge is 0.310 e. The molecule has 10 rings (SSSR count). The predicted octanol–water partition coefficient (Wildman–Crippen LogP) is 14.3. The van der Waals surface area contributed by atoms with E-state index in [1.165, 1.54) is 76.8 Å². The fourth-order valence-corrected chi connectivity index (χ4v) is 8.71. The zero-order chi connectivity index (χ0) is 34.8. The Morgan fingerprint density at radius 3 is 1.62 bits per heavy atom. The molecule has 0 saturated heterocycles. The lowest BCUT2D eigenvalue weighted by Crippen LogP contribution is -2.15. The summed E-state index contributed by atoms with van der Waals surface area (Å²) in [5, 5.41) is 7.47. The first-order valence-corrected chi connectivity index (χ1v) is 18.2. The molecule has 1 nitrogen and oxygen atoms in total. The monoisotopic (exact) mass is 663 g/mol. The van der Waals surface area contributed by atoms with Crippen molar-refractivity contribution in [1.29, 1.82) is 0 Å². The van der Waals surface area contributed by atoms with Crippen LogP contribution in [0, 0.1) is 0 Å². The molecule has 0 aromatic heterocycles. The van der Waals surface area contributed by atoms with Crippen molar-refractivity contribution < 1.29 is 0 Å². The molecule has 0 amide bonds. The molecule has 0 bridgehead atoms. The van der Waals surface area contributed by atoms with E-state index in [4.69, 9.17) is 0 Å². The zero-order valence-corrected chi connectivity index (χ0v) is 29.3. The Morgan fingerprint density at radius 2 is 0.885 bits per heavy atom. The Balaban J connectivity index is 1.24. The average Bonchev–Trinajstić information content (AvgIpc) is 3.43. The van der Waals surface area contributed by atoms with E-state index in [9.17, 15) is 0 Å². The van der Waals surface area contributed by atoms with Gasteiger partial charge in [-0.25, -0.2) is 0 Å². The number of benzene rings is 9. The molecule has 0 N–H and O–H groups in total. The van der Waals surface area contributed by atoms with Gasteiger partial charge >= 0.3 is 0 Å². The second-order valence-electron chi connectivity index (χ2n) is 14.5. The van der Waals surface area contributed by atoms with E-state index in [0.717, 1.165) is 17.1 Å². The van der Waals surface area contributed by atoms with Crippen LogP contribution in [0.4, 0.5) is 17.1 Å². The summed E-state index contributed by atoms with van der Waals surface area (Å²) >= 11 is 0. The topological polar surface area (TPSA) is 3.24 Å². The van der Waals surface area contributed by atoms with Gasteiger partial charge in [0.05, 0.1) is 5.69 Å². The molecule has 0 unspecified atom stereocenters. The molecule has 0 spiro atoms. The van der Waals surface area contributed by atoms with Gasteiger partial charge in [0.15, 0.2) is 0 Å². The van der Waals surface area contributed by atoms with Crippen LogP contribution in [-0.4, -0.2) is 0 Å². The molecular formula is C51H37N. The highest BCUT2D eigenvalue weighted by atomic mass is 15.1. The minimum absolute atomic E-state index is 0.0630. The maximum Gasteiger partial charge on any atom is 0.0546 e. The number of fused-ring (bicyclic) bond motifs is 6. The first kappa shape index (κ1) is 30.4. The first-order chi connectivity index (χ1) is 25.6. The van der Waals surface area contributed by atoms with E-state index in [-0.39, 0.29) is 5.41 Å². The van der Waals surface area contributed by atoms with Gasteiger partial charge < -0.3 is 4.90 Å². The maximum atomic E-state index is 2.48. The summed E-state index contributed by atoms with van der Waals surface area (Å²) in [7, 11) is 0. The van der Waals surface area contributed by atoms with E-state index in [1.54, 1.807) is 0 Å². The third-order valence-corrected chi connectivity index (χ3v) is 11.3. The van der Waals surface area contributed by atoms with Crippen molar-refractivity contribution >= 4 is 49.4 Å². The van der Waals surface area contributed by atoms with Gasteiger partial charge in [0, 0.05) is 22.4 Å². The molecule has 0 saturated carbocycles. The molecule has 0 heterocycles. The van der Waals surface area contributed by atoms with Crippen LogP contribution in [0.5, 0.6) is 0 Å². The van der Waals surface area contributed by atoms with Gasteiger partial charge in [-0.05, 0) is 102 Å². The van der Waals surface area contributed by atoms with E-state index in [1.807, 2.05) is 0 Å². The van der Waals surface area contributed by atoms with E-state index < -0.39 is 0 Å². The van der Waals surface area contributed by atoms with Gasteiger partial charge in [0.25, 0.3) is 0 Å². The van der Waals surface area contributed by atoms with Crippen LogP contribution in [0.15, 0.2) is 188 Å². The van der Waals surface area contributed by atoms with Crippen molar-refractivity contribution in [2.75, 3.05) is 4.90 Å². The zero-order valence-electron chi connectivity index (χ0n) is 29.3. The third-order valence-electron chi connectivity index (χ3n) is 11.3. The lowest BCUT2D eigenvalue weighted by molar-refractivity contribution is 0.660. The number of hydrogen-bond acceptors (Lipinski definition) is 1. The van der Waals surface area contributed by atoms with E-state index in [0.29, 0.717) is 0 Å². The summed E-state index contributed by atoms with van der Waals surface area (Å²) in [6.45, 7) is 4.70. The highest BCUT2D eigenvalue weighted by molar-refractivity contribution is 6.11. The smallest absolute Gasteiger partial charge is 0.0546 e. The molecule has 52 heavy (non-hydrogen) atoms. The third kappa shape index (κ3) is 4.70. The lowest BCUT2D eigenvalue weighted by atomic mass is 9.82. The van der Waals surface area contributed by atoms with Gasteiger partial charge in [-0.3, -0.25) is 0 Å². The summed E-state index contributed by atoms with van der Waals surface area (Å²) in [4.78, 5) is 2.48. The fourth-order valence-electron chi connectivity index (χ4n) is 8.71. The summed E-state index contributed by atoms with van der Waals surface area (Å²) in [5.41, 5.74) is 13.6. The van der Waals surface area contributed by atoms with Crippen molar-refractivity contribution in [1.82, 2.24) is 0 Å². The highest BCUT2D eigenvalue weighted by Gasteiger charge is 2.35. The van der Waals surface area contributed by atoms with Crippen molar-refractivity contribution in [2.24, 2.45) is 0 Å². The summed E-state index contributed by atoms with van der Waals surface area (Å²) in [6.07, 6.45) is 0. The second kappa shape index (κ2) is 11.8. The van der Waals surface area contributed by atoms with E-state index >= 15 is 0 Å². The first-order valence-electron chi connectivity index (χ1n) is 18.2. The number of hydrogen-bond donors (Lipinski definition) is 0. The minimum Gasteiger partial charge on any atom is -0.310 e. The molecule has 9 aromatic carbocycles. The normalized spacial score (nSPS) is 13.0. The standard InChI is InChI=1S/C51H37N/c1-51(2)47-24-10-9-21-44(47)46-33-39(30-31-48(46)51)52(38-28-25-37(26-29-38)41-22-11-16-34-13-3-6-18-40(34)41)49-32-27-36-15-5-8-20-43(36)50(49)45-23-12-17-35-14-4-7-19-42(35)45/h3-33H,1-2H3. The van der Waals surface area contributed by atoms with Crippen molar-refractivity contribution in [2.45, 2.75) is 19.3 Å². The summed E-state index contributed by atoms with van der Waals surface area (Å²) in [5.74, 6) is 0. The number of rotatable bonds is 5. The van der Waals surface area contributed by atoms with Crippen molar-refractivity contribution in [3.8, 4) is 33.4 Å². The Morgan fingerprint density at radius 1 is 0.365 bits per heavy atom. The quantitative estimate of drug-likeness (QED) is 0.177. The molecule has 9 aromatic rings. The molecular weight excluding hydrogens is 627 g/mol. The molecule has 0 radical (unpaired) electrons. The molecule has 1 aliphatic rings. The number of nitrogens with zero attached hydrogens (tertiary/aromatic N) is 1. The Hall–Kier alpha value is -6.44. The van der Waals surface area contributed by atoms with Gasteiger partial charge in [-0.15, -0.1) is 0 Å². The second-order valence-corrected chi connectivity index (χ2v) is 14.5. The van der Waals surface area contributed by atoms with Crippen LogP contribution in [0.2, 0.25) is 0 Å². The van der Waals surface area contributed by atoms with Crippen molar-refractivity contribution in [3.05, 3.63) is 199 Å². The van der Waals surface area contributed by atoms with Gasteiger partial charge in [-0.2, -0.15) is 0 Å². The van der Waals surface area contributed by atoms with Crippen LogP contribution >= 0.6 is 0 Å². The summed E-state index contributed by atoms with van der Waals surface area (Å²) in [6, 6.07) is 69.3. The Kier molecular flexibility index (Phi) is 6.91. The Labute approximate surface area is 305 Å². The predicted molar refractivity (Wildman–Crippen MR) is 222 cm³/mol. The number of anilines is 3. The van der Waals surface area contributed by atoms with Gasteiger partial charge in [-0.1, -0.05) is 172 Å². The Bertz CT molecular complexity index is 2810. The molecule has 0 atom stereocenters. The van der Waals surface area contributed by atoms with Gasteiger partial charge in [0.1, 0.15) is 0 Å². The molecule has 0 fully saturated rings. The van der Waals surface area contributed by atoms with Gasteiger partial charge in [0.2, 0.25) is 0 Å². The maximum absolute atomic E-state index is 2.48.